The fourth-order valence-electron chi connectivity index (χ4n) is 8.07. The molecule has 0 fully saturated rings. The highest BCUT2D eigenvalue weighted by Gasteiger charge is 2.33. The first kappa shape index (κ1) is 25.5. The van der Waals surface area contributed by atoms with E-state index in [9.17, 15) is 0 Å². The second-order valence-corrected chi connectivity index (χ2v) is 12.6. The zero-order valence-corrected chi connectivity index (χ0v) is 25.2. The summed E-state index contributed by atoms with van der Waals surface area (Å²) < 4.78 is 0. The van der Waals surface area contributed by atoms with Crippen molar-refractivity contribution in [2.75, 3.05) is 0 Å². The van der Waals surface area contributed by atoms with Crippen LogP contribution in [0.4, 0.5) is 5.69 Å². The van der Waals surface area contributed by atoms with Crippen LogP contribution < -0.4 is 0 Å². The van der Waals surface area contributed by atoms with Crippen molar-refractivity contribution in [2.24, 2.45) is 4.99 Å². The Kier molecular flexibility index (Phi) is 5.47. The summed E-state index contributed by atoms with van der Waals surface area (Å²) >= 11 is 0. The molecular weight excluding hydrogens is 555 g/mol. The third kappa shape index (κ3) is 3.72. The molecule has 1 aliphatic heterocycles. The SMILES string of the molecule is c1ccc(-c2cc3c4ccccc4c(-c4ccc5c(c4)-c4ccccc4C4Cc6ccccc6N=C54)cc3c3ccccc23)cc1. The molecule has 2 aliphatic rings. The Morgan fingerprint density at radius 2 is 1.00 bits per heavy atom. The van der Waals surface area contributed by atoms with Crippen LogP contribution in [0, 0.1) is 0 Å². The van der Waals surface area contributed by atoms with Gasteiger partial charge in [-0.25, -0.2) is 0 Å². The van der Waals surface area contributed by atoms with Gasteiger partial charge in [-0.1, -0.05) is 133 Å². The Bertz CT molecular complexity index is 2550. The third-order valence-electron chi connectivity index (χ3n) is 10.2. The van der Waals surface area contributed by atoms with E-state index in [1.165, 1.54) is 88.1 Å². The van der Waals surface area contributed by atoms with E-state index in [0.29, 0.717) is 0 Å². The Hall–Kier alpha value is -5.79. The summed E-state index contributed by atoms with van der Waals surface area (Å²) in [4.78, 5) is 5.28. The van der Waals surface area contributed by atoms with E-state index in [0.717, 1.165) is 12.1 Å². The minimum Gasteiger partial charge on any atom is -0.252 e. The number of rotatable bonds is 2. The van der Waals surface area contributed by atoms with E-state index in [-0.39, 0.29) is 5.92 Å². The standard InChI is InChI=1S/C45H29N/c1-2-12-28(13-3-1)38-26-41-34-18-8-6-16-32(34)39(27-42(41)33-17-7-5-15-31(33)38)29-22-23-37-40(24-29)35-19-9-10-20-36(35)43-25-30-14-4-11-21-44(30)46-45(37)43/h1-24,26-27,43H,25H2. The van der Waals surface area contributed by atoms with Crippen LogP contribution in [-0.4, -0.2) is 5.71 Å². The molecule has 1 heterocycles. The Morgan fingerprint density at radius 1 is 0.391 bits per heavy atom. The molecule has 0 bridgehead atoms. The van der Waals surface area contributed by atoms with Gasteiger partial charge in [-0.2, -0.15) is 0 Å². The number of benzene rings is 8. The highest BCUT2D eigenvalue weighted by molar-refractivity contribution is 6.24. The number of aliphatic imine (C=N–C) groups is 1. The molecule has 0 N–H and O–H groups in total. The fourth-order valence-corrected chi connectivity index (χ4v) is 8.07. The fraction of sp³-hybridized carbons (Fsp3) is 0.0444. The summed E-state index contributed by atoms with van der Waals surface area (Å²) in [6.45, 7) is 0. The molecule has 0 spiro atoms. The largest absolute Gasteiger partial charge is 0.252 e. The molecule has 0 saturated heterocycles. The second-order valence-electron chi connectivity index (χ2n) is 12.6. The van der Waals surface area contributed by atoms with Crippen molar-refractivity contribution in [3.63, 3.8) is 0 Å². The summed E-state index contributed by atoms with van der Waals surface area (Å²) in [5, 5.41) is 7.70. The Morgan fingerprint density at radius 3 is 1.76 bits per heavy atom. The smallest absolute Gasteiger partial charge is 0.0665 e. The van der Waals surface area contributed by atoms with Gasteiger partial charge < -0.3 is 0 Å². The van der Waals surface area contributed by atoms with Gasteiger partial charge in [0.2, 0.25) is 0 Å². The minimum absolute atomic E-state index is 0.274. The highest BCUT2D eigenvalue weighted by atomic mass is 14.8. The van der Waals surface area contributed by atoms with E-state index < -0.39 is 0 Å². The van der Waals surface area contributed by atoms with Gasteiger partial charge in [0.05, 0.1) is 11.4 Å². The topological polar surface area (TPSA) is 12.4 Å². The average Bonchev–Trinajstić information content (AvgIpc) is 3.13. The summed E-state index contributed by atoms with van der Waals surface area (Å²) in [7, 11) is 0. The molecule has 10 rings (SSSR count). The van der Waals surface area contributed by atoms with Gasteiger partial charge in [-0.15, -0.1) is 0 Å². The molecule has 1 atom stereocenters. The van der Waals surface area contributed by atoms with E-state index in [2.05, 4.69) is 158 Å². The zero-order valence-electron chi connectivity index (χ0n) is 25.2. The molecule has 1 nitrogen and oxygen atoms in total. The molecule has 8 aromatic rings. The third-order valence-corrected chi connectivity index (χ3v) is 10.2. The second kappa shape index (κ2) is 9.86. The molecule has 1 aliphatic carbocycles. The maximum Gasteiger partial charge on any atom is 0.0665 e. The lowest BCUT2D eigenvalue weighted by Gasteiger charge is -2.33. The van der Waals surface area contributed by atoms with Gasteiger partial charge in [0, 0.05) is 11.5 Å². The van der Waals surface area contributed by atoms with Gasteiger partial charge in [0.1, 0.15) is 0 Å². The maximum atomic E-state index is 5.28. The van der Waals surface area contributed by atoms with Gasteiger partial charge >= 0.3 is 0 Å². The van der Waals surface area contributed by atoms with Gasteiger partial charge in [0.25, 0.3) is 0 Å². The predicted molar refractivity (Wildman–Crippen MR) is 194 cm³/mol. The van der Waals surface area contributed by atoms with Crippen molar-refractivity contribution in [3.8, 4) is 33.4 Å². The van der Waals surface area contributed by atoms with Crippen molar-refractivity contribution in [1.82, 2.24) is 0 Å². The lowest BCUT2D eigenvalue weighted by molar-refractivity contribution is 0.855. The van der Waals surface area contributed by atoms with E-state index in [4.69, 9.17) is 4.99 Å². The van der Waals surface area contributed by atoms with E-state index in [1.807, 2.05) is 0 Å². The number of fused-ring (bicyclic) bond motifs is 12. The van der Waals surface area contributed by atoms with E-state index >= 15 is 0 Å². The normalized spacial score (nSPS) is 14.8. The van der Waals surface area contributed by atoms with Gasteiger partial charge in [-0.3, -0.25) is 4.99 Å². The molecule has 0 amide bonds. The molecule has 0 radical (unpaired) electrons. The quantitative estimate of drug-likeness (QED) is 0.180. The molecule has 0 saturated carbocycles. The number of hydrogen-bond acceptors (Lipinski definition) is 1. The molecule has 1 heteroatoms. The van der Waals surface area contributed by atoms with Crippen molar-refractivity contribution in [1.29, 1.82) is 0 Å². The van der Waals surface area contributed by atoms with Crippen LogP contribution in [0.5, 0.6) is 0 Å². The van der Waals surface area contributed by atoms with Gasteiger partial charge in [0.15, 0.2) is 0 Å². The Labute approximate surface area is 268 Å². The molecule has 214 valence electrons. The van der Waals surface area contributed by atoms with Crippen molar-refractivity contribution in [3.05, 3.63) is 174 Å². The first-order valence-corrected chi connectivity index (χ1v) is 16.1. The molecular formula is C45H29N. The van der Waals surface area contributed by atoms with Crippen LogP contribution in [0.3, 0.4) is 0 Å². The number of hydrogen-bond donors (Lipinski definition) is 0. The first-order chi connectivity index (χ1) is 22.8. The zero-order chi connectivity index (χ0) is 30.2. The molecule has 8 aromatic carbocycles. The lowest BCUT2D eigenvalue weighted by Crippen LogP contribution is -2.24. The van der Waals surface area contributed by atoms with Gasteiger partial charge in [-0.05, 0) is 108 Å². The van der Waals surface area contributed by atoms with Crippen LogP contribution in [0.1, 0.15) is 22.6 Å². The highest BCUT2D eigenvalue weighted by Crippen LogP contribution is 2.48. The summed E-state index contributed by atoms with van der Waals surface area (Å²) in [6.07, 6.45) is 0.987. The van der Waals surface area contributed by atoms with Crippen LogP contribution in [0.15, 0.2) is 163 Å². The van der Waals surface area contributed by atoms with Crippen molar-refractivity contribution < 1.29 is 0 Å². The van der Waals surface area contributed by atoms with Crippen molar-refractivity contribution >= 4 is 43.7 Å². The van der Waals surface area contributed by atoms with Crippen LogP contribution in [0.2, 0.25) is 0 Å². The Balaban J connectivity index is 1.24. The summed E-state index contributed by atoms with van der Waals surface area (Å²) in [6, 6.07) is 58.0. The van der Waals surface area contributed by atoms with Crippen LogP contribution in [0.25, 0.3) is 65.7 Å². The van der Waals surface area contributed by atoms with Crippen LogP contribution in [-0.2, 0) is 6.42 Å². The number of nitrogens with zero attached hydrogens (tertiary/aromatic N) is 1. The monoisotopic (exact) mass is 583 g/mol. The van der Waals surface area contributed by atoms with Crippen molar-refractivity contribution in [2.45, 2.75) is 12.3 Å². The maximum absolute atomic E-state index is 5.28. The molecule has 46 heavy (non-hydrogen) atoms. The van der Waals surface area contributed by atoms with E-state index in [1.54, 1.807) is 0 Å². The summed E-state index contributed by atoms with van der Waals surface area (Å²) in [5.74, 6) is 0.274. The van der Waals surface area contributed by atoms with Crippen LogP contribution >= 0.6 is 0 Å². The summed E-state index contributed by atoms with van der Waals surface area (Å²) in [5.41, 5.74) is 13.9. The average molecular weight is 584 g/mol. The number of para-hydroxylation sites is 1. The predicted octanol–water partition coefficient (Wildman–Crippen LogP) is 11.9. The lowest BCUT2D eigenvalue weighted by atomic mass is 9.73. The minimum atomic E-state index is 0.274. The first-order valence-electron chi connectivity index (χ1n) is 16.1. The molecule has 0 aromatic heterocycles. The molecule has 1 unspecified atom stereocenters.